The first-order valence-corrected chi connectivity index (χ1v) is 5.84. The average Bonchev–Trinajstić information content (AvgIpc) is 2.60. The van der Waals surface area contributed by atoms with Gasteiger partial charge in [-0.1, -0.05) is 0 Å². The van der Waals surface area contributed by atoms with Gasteiger partial charge in [0.15, 0.2) is 0 Å². The molecule has 1 N–H and O–H groups in total. The molecule has 0 atom stereocenters. The maximum atomic E-state index is 9.14. The van der Waals surface area contributed by atoms with E-state index in [9.17, 15) is 0 Å². The van der Waals surface area contributed by atoms with Crippen LogP contribution in [0.5, 0.6) is 0 Å². The lowest BCUT2D eigenvalue weighted by atomic mass is 9.90. The molecule has 1 aromatic carbocycles. The van der Waals surface area contributed by atoms with Crippen LogP contribution in [-0.4, -0.2) is 4.98 Å². The Morgan fingerprint density at radius 1 is 1.19 bits per heavy atom. The van der Waals surface area contributed by atoms with Gasteiger partial charge in [0.25, 0.3) is 0 Å². The molecule has 1 aromatic heterocycles. The minimum atomic E-state index is 0.809. The van der Waals surface area contributed by atoms with Crippen molar-refractivity contribution in [2.24, 2.45) is 0 Å². The first-order valence-electron chi connectivity index (χ1n) is 5.84. The number of aromatic nitrogens is 1. The van der Waals surface area contributed by atoms with E-state index in [1.54, 1.807) is 0 Å². The number of nitriles is 1. The van der Waals surface area contributed by atoms with Crippen molar-refractivity contribution in [2.45, 2.75) is 32.6 Å². The number of benzene rings is 1. The quantitative estimate of drug-likeness (QED) is 0.712. The van der Waals surface area contributed by atoms with Crippen LogP contribution in [0.3, 0.4) is 0 Å². The topological polar surface area (TPSA) is 39.6 Å². The fourth-order valence-corrected chi connectivity index (χ4v) is 2.71. The van der Waals surface area contributed by atoms with E-state index in [1.165, 1.54) is 36.8 Å². The number of nitrogens with zero attached hydrogens (tertiary/aromatic N) is 1. The minimum absolute atomic E-state index is 0.809. The molecule has 3 rings (SSSR count). The third-order valence-electron chi connectivity index (χ3n) is 3.56. The first-order chi connectivity index (χ1) is 7.79. The van der Waals surface area contributed by atoms with Gasteiger partial charge in [0.2, 0.25) is 0 Å². The minimum Gasteiger partial charge on any atom is -0.357 e. The molecular formula is C14H14N2. The summed E-state index contributed by atoms with van der Waals surface area (Å²) < 4.78 is 0. The number of H-pyrrole nitrogens is 1. The summed E-state index contributed by atoms with van der Waals surface area (Å²) in [6.45, 7) is 1.97. The number of nitrogens with one attached hydrogen (secondary N) is 1. The number of rotatable bonds is 0. The molecule has 80 valence electrons. The van der Waals surface area contributed by atoms with Gasteiger partial charge in [0.1, 0.15) is 6.07 Å². The second-order valence-corrected chi connectivity index (χ2v) is 4.61. The Balaban J connectivity index is 2.32. The summed E-state index contributed by atoms with van der Waals surface area (Å²) in [7, 11) is 0. The Bertz CT molecular complexity index is 599. The van der Waals surface area contributed by atoms with Crippen LogP contribution < -0.4 is 0 Å². The number of hydrogen-bond acceptors (Lipinski definition) is 1. The zero-order valence-electron chi connectivity index (χ0n) is 9.43. The Morgan fingerprint density at radius 2 is 1.88 bits per heavy atom. The van der Waals surface area contributed by atoms with Gasteiger partial charge in [-0.15, -0.1) is 0 Å². The van der Waals surface area contributed by atoms with Gasteiger partial charge >= 0.3 is 0 Å². The first kappa shape index (κ1) is 9.47. The molecule has 0 amide bonds. The third-order valence-corrected chi connectivity index (χ3v) is 3.56. The predicted molar refractivity (Wildman–Crippen MR) is 64.4 cm³/mol. The molecule has 16 heavy (non-hydrogen) atoms. The molecule has 1 aliphatic rings. The van der Waals surface area contributed by atoms with E-state index in [0.29, 0.717) is 0 Å². The Kier molecular flexibility index (Phi) is 2.00. The van der Waals surface area contributed by atoms with Crippen LogP contribution in [0.25, 0.3) is 10.9 Å². The zero-order chi connectivity index (χ0) is 11.1. The summed E-state index contributed by atoms with van der Waals surface area (Å²) in [4.78, 5) is 3.31. The molecule has 0 aliphatic heterocycles. The number of aromatic amines is 1. The van der Waals surface area contributed by atoms with Crippen molar-refractivity contribution in [3.05, 3.63) is 34.5 Å². The summed E-state index contributed by atoms with van der Waals surface area (Å²) in [6, 6.07) is 6.74. The van der Waals surface area contributed by atoms with Gasteiger partial charge in [-0.3, -0.25) is 0 Å². The van der Waals surface area contributed by atoms with E-state index in [4.69, 9.17) is 5.26 Å². The lowest BCUT2D eigenvalue weighted by molar-refractivity contribution is 0.687. The number of aryl methyl sites for hydroxylation is 3. The molecular weight excluding hydrogens is 196 g/mol. The lowest BCUT2D eigenvalue weighted by Crippen LogP contribution is -2.01. The Hall–Kier alpha value is -1.75. The van der Waals surface area contributed by atoms with Gasteiger partial charge in [0.05, 0.1) is 5.56 Å². The molecule has 0 fully saturated rings. The predicted octanol–water partition coefficient (Wildman–Crippen LogP) is 3.23. The summed E-state index contributed by atoms with van der Waals surface area (Å²) in [5.74, 6) is 0. The molecule has 1 aliphatic carbocycles. The summed E-state index contributed by atoms with van der Waals surface area (Å²) in [5.41, 5.74) is 5.82. The van der Waals surface area contributed by atoms with Crippen LogP contribution in [0, 0.1) is 18.3 Å². The average molecular weight is 210 g/mol. The maximum Gasteiger partial charge on any atom is 0.102 e. The van der Waals surface area contributed by atoms with Crippen molar-refractivity contribution in [1.82, 2.24) is 4.98 Å². The van der Waals surface area contributed by atoms with Crippen molar-refractivity contribution in [2.75, 3.05) is 0 Å². The van der Waals surface area contributed by atoms with E-state index >= 15 is 0 Å². The van der Waals surface area contributed by atoms with Crippen molar-refractivity contribution in [1.29, 1.82) is 5.26 Å². The van der Waals surface area contributed by atoms with Gasteiger partial charge in [-0.05, 0) is 55.9 Å². The fraction of sp³-hybridized carbons (Fsp3) is 0.357. The smallest absolute Gasteiger partial charge is 0.102 e. The van der Waals surface area contributed by atoms with E-state index < -0.39 is 0 Å². The lowest BCUT2D eigenvalue weighted by Gasteiger charge is -2.15. The number of fused-ring (bicyclic) bond motifs is 2. The summed E-state index contributed by atoms with van der Waals surface area (Å²) in [5, 5.41) is 10.2. The Labute approximate surface area is 94.9 Å². The monoisotopic (exact) mass is 210 g/mol. The second kappa shape index (κ2) is 3.38. The highest BCUT2D eigenvalue weighted by molar-refractivity contribution is 5.88. The van der Waals surface area contributed by atoms with Gasteiger partial charge in [-0.25, -0.2) is 0 Å². The zero-order valence-corrected chi connectivity index (χ0v) is 9.43. The molecule has 0 saturated heterocycles. The second-order valence-electron chi connectivity index (χ2n) is 4.61. The molecule has 2 aromatic rings. The standard InChI is InChI=1S/C14H14N2/c1-9-13(8-15)12-6-10-4-2-3-5-11(10)7-14(12)16-9/h6-7,16H,2-5H2,1H3. The van der Waals surface area contributed by atoms with Crippen LogP contribution in [-0.2, 0) is 12.8 Å². The van der Waals surface area contributed by atoms with Gasteiger partial charge < -0.3 is 4.98 Å². The molecule has 0 spiro atoms. The number of hydrogen-bond donors (Lipinski definition) is 1. The van der Waals surface area contributed by atoms with Crippen molar-refractivity contribution in [3.63, 3.8) is 0 Å². The largest absolute Gasteiger partial charge is 0.357 e. The molecule has 2 nitrogen and oxygen atoms in total. The maximum absolute atomic E-state index is 9.14. The summed E-state index contributed by atoms with van der Waals surface area (Å²) >= 11 is 0. The third kappa shape index (κ3) is 1.25. The molecule has 0 unspecified atom stereocenters. The highest BCUT2D eigenvalue weighted by atomic mass is 14.7. The van der Waals surface area contributed by atoms with Crippen LogP contribution >= 0.6 is 0 Å². The van der Waals surface area contributed by atoms with E-state index in [2.05, 4.69) is 23.2 Å². The molecule has 1 heterocycles. The summed E-state index contributed by atoms with van der Waals surface area (Å²) in [6.07, 6.45) is 4.93. The highest BCUT2D eigenvalue weighted by Crippen LogP contribution is 2.29. The normalized spacial score (nSPS) is 14.8. The molecule has 0 radical (unpaired) electrons. The van der Waals surface area contributed by atoms with Gasteiger partial charge in [0, 0.05) is 16.6 Å². The van der Waals surface area contributed by atoms with Crippen molar-refractivity contribution < 1.29 is 0 Å². The van der Waals surface area contributed by atoms with Gasteiger partial charge in [-0.2, -0.15) is 5.26 Å². The Morgan fingerprint density at radius 3 is 2.56 bits per heavy atom. The van der Waals surface area contributed by atoms with Crippen LogP contribution in [0.1, 0.15) is 35.2 Å². The molecule has 0 saturated carbocycles. The van der Waals surface area contributed by atoms with Crippen molar-refractivity contribution >= 4 is 10.9 Å². The van der Waals surface area contributed by atoms with E-state index in [0.717, 1.165) is 22.2 Å². The van der Waals surface area contributed by atoms with E-state index in [-0.39, 0.29) is 0 Å². The van der Waals surface area contributed by atoms with E-state index in [1.807, 2.05) is 6.92 Å². The van der Waals surface area contributed by atoms with Crippen LogP contribution in [0.2, 0.25) is 0 Å². The SMILES string of the molecule is Cc1[nH]c2cc3c(cc2c1C#N)CCCC3. The highest BCUT2D eigenvalue weighted by Gasteiger charge is 2.14. The molecule has 2 heteroatoms. The van der Waals surface area contributed by atoms with Crippen LogP contribution in [0.4, 0.5) is 0 Å². The van der Waals surface area contributed by atoms with Crippen LogP contribution in [0.15, 0.2) is 12.1 Å². The molecule has 0 bridgehead atoms. The van der Waals surface area contributed by atoms with Crippen molar-refractivity contribution in [3.8, 4) is 6.07 Å². The fourth-order valence-electron chi connectivity index (χ4n) is 2.71.